The maximum absolute atomic E-state index is 13.7. The van der Waals surface area contributed by atoms with E-state index in [0.717, 1.165) is 15.7 Å². The molecule has 1 aromatic heterocycles. The lowest BCUT2D eigenvalue weighted by molar-refractivity contribution is 0.435. The number of aromatic nitrogens is 1. The molecule has 0 saturated carbocycles. The summed E-state index contributed by atoms with van der Waals surface area (Å²) in [6.45, 7) is 2.48. The third-order valence-electron chi connectivity index (χ3n) is 2.56. The molecule has 0 aliphatic heterocycles. The van der Waals surface area contributed by atoms with Gasteiger partial charge in [-0.2, -0.15) is 0 Å². The zero-order chi connectivity index (χ0) is 13.8. The van der Waals surface area contributed by atoms with Gasteiger partial charge in [0.05, 0.1) is 0 Å². The molecule has 0 fully saturated rings. The molecule has 1 aromatic carbocycles. The van der Waals surface area contributed by atoms with Crippen LogP contribution in [0.1, 0.15) is 11.3 Å². The van der Waals surface area contributed by atoms with E-state index in [9.17, 15) is 4.39 Å². The predicted molar refractivity (Wildman–Crippen MR) is 75.9 cm³/mol. The van der Waals surface area contributed by atoms with Crippen molar-refractivity contribution in [2.45, 2.75) is 13.5 Å². The first-order valence-corrected chi connectivity index (χ1v) is 6.62. The lowest BCUT2D eigenvalue weighted by Crippen LogP contribution is -2.07. The summed E-state index contributed by atoms with van der Waals surface area (Å²) in [6.07, 6.45) is 1.73. The van der Waals surface area contributed by atoms with Crippen LogP contribution in [0.15, 0.2) is 34.9 Å². The van der Waals surface area contributed by atoms with E-state index in [0.29, 0.717) is 12.3 Å². The molecule has 0 radical (unpaired) electrons. The van der Waals surface area contributed by atoms with Crippen molar-refractivity contribution in [3.05, 3.63) is 52.0 Å². The fraction of sp³-hybridized carbons (Fsp3) is 0.214. The van der Waals surface area contributed by atoms with Crippen LogP contribution in [0.3, 0.4) is 0 Å². The van der Waals surface area contributed by atoms with Crippen LogP contribution in [-0.2, 0) is 6.54 Å². The lowest BCUT2D eigenvalue weighted by atomic mass is 10.2. The zero-order valence-electron chi connectivity index (χ0n) is 10.7. The fourth-order valence-corrected chi connectivity index (χ4v) is 2.00. The molecule has 1 heterocycles. The molecule has 0 aliphatic carbocycles. The highest BCUT2D eigenvalue weighted by molar-refractivity contribution is 9.10. The average molecular weight is 325 g/mol. The highest BCUT2D eigenvalue weighted by Crippen LogP contribution is 2.29. The van der Waals surface area contributed by atoms with E-state index in [1.165, 1.54) is 6.07 Å². The van der Waals surface area contributed by atoms with E-state index < -0.39 is 5.82 Å². The summed E-state index contributed by atoms with van der Waals surface area (Å²) in [5, 5.41) is 3.03. The van der Waals surface area contributed by atoms with Gasteiger partial charge < -0.3 is 10.1 Å². The summed E-state index contributed by atoms with van der Waals surface area (Å²) in [5.74, 6) is 0.407. The van der Waals surface area contributed by atoms with Crippen molar-refractivity contribution in [2.24, 2.45) is 0 Å². The Kier molecular flexibility index (Phi) is 4.50. The van der Waals surface area contributed by atoms with E-state index >= 15 is 0 Å². The van der Waals surface area contributed by atoms with Crippen LogP contribution >= 0.6 is 15.9 Å². The molecule has 1 N–H and O–H groups in total. The molecule has 5 heteroatoms. The van der Waals surface area contributed by atoms with Crippen molar-refractivity contribution >= 4 is 15.9 Å². The van der Waals surface area contributed by atoms with Gasteiger partial charge in [-0.15, -0.1) is 0 Å². The number of aryl methyl sites for hydroxylation is 1. The fourth-order valence-electron chi connectivity index (χ4n) is 1.66. The van der Waals surface area contributed by atoms with E-state index in [2.05, 4.69) is 26.2 Å². The van der Waals surface area contributed by atoms with Crippen molar-refractivity contribution in [3.63, 3.8) is 0 Å². The van der Waals surface area contributed by atoms with E-state index in [1.807, 2.05) is 14.0 Å². The Morgan fingerprint density at radius 3 is 2.84 bits per heavy atom. The number of hydrogen-bond donors (Lipinski definition) is 1. The molecular formula is C14H14BrFN2O. The number of hydrogen-bond acceptors (Lipinski definition) is 3. The molecule has 2 aromatic rings. The Morgan fingerprint density at radius 2 is 2.11 bits per heavy atom. The third-order valence-corrected chi connectivity index (χ3v) is 3.05. The molecule has 100 valence electrons. The normalized spacial score (nSPS) is 10.5. The van der Waals surface area contributed by atoms with Crippen LogP contribution in [0.2, 0.25) is 0 Å². The van der Waals surface area contributed by atoms with Crippen LogP contribution in [0.4, 0.5) is 4.39 Å². The molecule has 0 spiro atoms. The first kappa shape index (κ1) is 14.0. The third kappa shape index (κ3) is 3.52. The van der Waals surface area contributed by atoms with Crippen LogP contribution in [0.5, 0.6) is 11.5 Å². The minimum absolute atomic E-state index is 0.192. The number of ether oxygens (including phenoxy) is 1. The van der Waals surface area contributed by atoms with Crippen LogP contribution in [0.25, 0.3) is 0 Å². The maximum Gasteiger partial charge on any atom is 0.165 e. The predicted octanol–water partition coefficient (Wildman–Crippen LogP) is 3.80. The van der Waals surface area contributed by atoms with Gasteiger partial charge in [-0.05, 0) is 32.2 Å². The maximum atomic E-state index is 13.7. The summed E-state index contributed by atoms with van der Waals surface area (Å²) < 4.78 is 20.1. The van der Waals surface area contributed by atoms with E-state index in [1.54, 1.807) is 24.4 Å². The standard InChI is InChI=1S/C14H14BrFN2O/c1-9-5-13(10(7-17-2)8-18-9)19-14-6-11(15)3-4-12(14)16/h3-6,8,17H,7H2,1-2H3. The number of halogens is 2. The number of nitrogens with zero attached hydrogens (tertiary/aromatic N) is 1. The molecule has 0 bridgehead atoms. The summed E-state index contributed by atoms with van der Waals surface area (Å²) >= 11 is 3.30. The highest BCUT2D eigenvalue weighted by Gasteiger charge is 2.10. The van der Waals surface area contributed by atoms with Gasteiger partial charge in [0.25, 0.3) is 0 Å². The second kappa shape index (κ2) is 6.12. The topological polar surface area (TPSA) is 34.2 Å². The summed E-state index contributed by atoms with van der Waals surface area (Å²) in [6, 6.07) is 6.40. The Morgan fingerprint density at radius 1 is 1.32 bits per heavy atom. The second-order valence-electron chi connectivity index (χ2n) is 4.14. The molecule has 3 nitrogen and oxygen atoms in total. The molecule has 0 aliphatic rings. The van der Waals surface area contributed by atoms with Gasteiger partial charge in [0, 0.05) is 34.5 Å². The summed E-state index contributed by atoms with van der Waals surface area (Å²) in [4.78, 5) is 4.22. The largest absolute Gasteiger partial charge is 0.454 e. The molecular weight excluding hydrogens is 311 g/mol. The molecule has 0 atom stereocenters. The molecule has 2 rings (SSSR count). The van der Waals surface area contributed by atoms with Crippen molar-refractivity contribution in [1.82, 2.24) is 10.3 Å². The van der Waals surface area contributed by atoms with Crippen LogP contribution < -0.4 is 10.1 Å². The summed E-state index contributed by atoms with van der Waals surface area (Å²) in [5.41, 5.74) is 1.71. The molecule has 0 amide bonds. The van der Waals surface area contributed by atoms with Crippen molar-refractivity contribution in [2.75, 3.05) is 7.05 Å². The molecule has 0 saturated heterocycles. The Bertz CT molecular complexity index is 590. The van der Waals surface area contributed by atoms with Crippen molar-refractivity contribution in [1.29, 1.82) is 0 Å². The lowest BCUT2D eigenvalue weighted by Gasteiger charge is -2.12. The number of nitrogens with one attached hydrogen (secondary N) is 1. The molecule has 19 heavy (non-hydrogen) atoms. The number of rotatable bonds is 4. The quantitative estimate of drug-likeness (QED) is 0.928. The smallest absolute Gasteiger partial charge is 0.165 e. The van der Waals surface area contributed by atoms with Crippen LogP contribution in [0, 0.1) is 12.7 Å². The van der Waals surface area contributed by atoms with E-state index in [4.69, 9.17) is 4.74 Å². The van der Waals surface area contributed by atoms with Gasteiger partial charge in [-0.3, -0.25) is 4.98 Å². The van der Waals surface area contributed by atoms with Gasteiger partial charge in [-0.1, -0.05) is 15.9 Å². The van der Waals surface area contributed by atoms with E-state index in [-0.39, 0.29) is 5.75 Å². The second-order valence-corrected chi connectivity index (χ2v) is 5.06. The minimum Gasteiger partial charge on any atom is -0.454 e. The average Bonchev–Trinajstić information content (AvgIpc) is 2.37. The SMILES string of the molecule is CNCc1cnc(C)cc1Oc1cc(Br)ccc1F. The van der Waals surface area contributed by atoms with Gasteiger partial charge in [-0.25, -0.2) is 4.39 Å². The monoisotopic (exact) mass is 324 g/mol. The Balaban J connectivity index is 2.36. The minimum atomic E-state index is -0.395. The van der Waals surface area contributed by atoms with Crippen LogP contribution in [-0.4, -0.2) is 12.0 Å². The highest BCUT2D eigenvalue weighted by atomic mass is 79.9. The van der Waals surface area contributed by atoms with Crippen molar-refractivity contribution < 1.29 is 9.13 Å². The first-order chi connectivity index (χ1) is 9.10. The Labute approximate surface area is 119 Å². The number of pyridine rings is 1. The van der Waals surface area contributed by atoms with Gasteiger partial charge in [0.2, 0.25) is 0 Å². The zero-order valence-corrected chi connectivity index (χ0v) is 12.3. The first-order valence-electron chi connectivity index (χ1n) is 5.83. The summed E-state index contributed by atoms with van der Waals surface area (Å²) in [7, 11) is 1.84. The van der Waals surface area contributed by atoms with Gasteiger partial charge in [0.15, 0.2) is 11.6 Å². The number of benzene rings is 1. The Hall–Kier alpha value is -1.46. The van der Waals surface area contributed by atoms with Gasteiger partial charge in [0.1, 0.15) is 5.75 Å². The van der Waals surface area contributed by atoms with Gasteiger partial charge >= 0.3 is 0 Å². The molecule has 0 unspecified atom stereocenters. The van der Waals surface area contributed by atoms with Crippen molar-refractivity contribution in [3.8, 4) is 11.5 Å².